The fourth-order valence-corrected chi connectivity index (χ4v) is 3.55. The molecule has 0 bridgehead atoms. The van der Waals surface area contributed by atoms with Gasteiger partial charge in [0, 0.05) is 38.3 Å². The number of anilines is 1. The largest absolute Gasteiger partial charge is 0.368 e. The molecule has 3 heteroatoms. The number of carbonyl (C=O) groups is 1. The molecule has 0 unspecified atom stereocenters. The zero-order chi connectivity index (χ0) is 17.8. The fourth-order valence-electron chi connectivity index (χ4n) is 3.55. The van der Waals surface area contributed by atoms with Crippen LogP contribution in [0.15, 0.2) is 42.5 Å². The van der Waals surface area contributed by atoms with Crippen molar-refractivity contribution in [3.8, 4) is 0 Å². The van der Waals surface area contributed by atoms with E-state index in [4.69, 9.17) is 0 Å². The van der Waals surface area contributed by atoms with Crippen LogP contribution >= 0.6 is 0 Å². The number of carbonyl (C=O) groups excluding carboxylic acids is 1. The van der Waals surface area contributed by atoms with Gasteiger partial charge in [-0.2, -0.15) is 0 Å². The molecule has 0 spiro atoms. The van der Waals surface area contributed by atoms with Crippen LogP contribution in [0.2, 0.25) is 0 Å². The summed E-state index contributed by atoms with van der Waals surface area (Å²) in [5, 5.41) is 0. The Labute approximate surface area is 151 Å². The maximum Gasteiger partial charge on any atom is 0.223 e. The molecule has 0 radical (unpaired) electrons. The minimum atomic E-state index is 0.280. The van der Waals surface area contributed by atoms with Crippen LogP contribution in [0.4, 0.5) is 5.69 Å². The summed E-state index contributed by atoms with van der Waals surface area (Å²) in [7, 11) is 0. The third-order valence-electron chi connectivity index (χ3n) is 5.26. The highest BCUT2D eigenvalue weighted by Crippen LogP contribution is 2.24. The average Bonchev–Trinajstić information content (AvgIpc) is 2.62. The molecule has 2 aromatic carbocycles. The first-order valence-corrected chi connectivity index (χ1v) is 9.19. The second-order valence-electron chi connectivity index (χ2n) is 7.08. The Morgan fingerprint density at radius 3 is 2.40 bits per heavy atom. The van der Waals surface area contributed by atoms with Crippen LogP contribution in [0.5, 0.6) is 0 Å². The summed E-state index contributed by atoms with van der Waals surface area (Å²) in [6.07, 6.45) is 1.44. The van der Waals surface area contributed by atoms with Crippen molar-refractivity contribution in [3.63, 3.8) is 0 Å². The molecule has 25 heavy (non-hydrogen) atoms. The molecule has 1 aliphatic heterocycles. The van der Waals surface area contributed by atoms with Crippen molar-refractivity contribution in [1.82, 2.24) is 4.90 Å². The normalized spacial score (nSPS) is 14.7. The van der Waals surface area contributed by atoms with Gasteiger partial charge in [0.25, 0.3) is 0 Å². The van der Waals surface area contributed by atoms with E-state index in [2.05, 4.69) is 68.1 Å². The highest BCUT2D eigenvalue weighted by Gasteiger charge is 2.22. The lowest BCUT2D eigenvalue weighted by molar-refractivity contribution is -0.131. The molecule has 1 heterocycles. The summed E-state index contributed by atoms with van der Waals surface area (Å²) in [4.78, 5) is 17.0. The molecule has 2 aromatic rings. The predicted octanol–water partition coefficient (Wildman–Crippen LogP) is 3.89. The third kappa shape index (κ3) is 4.22. The van der Waals surface area contributed by atoms with E-state index >= 15 is 0 Å². The molecule has 0 aliphatic carbocycles. The number of benzene rings is 2. The molecule has 1 aliphatic rings. The van der Waals surface area contributed by atoms with Crippen LogP contribution in [-0.4, -0.2) is 37.0 Å². The van der Waals surface area contributed by atoms with E-state index in [1.807, 2.05) is 4.90 Å². The van der Waals surface area contributed by atoms with Crippen LogP contribution in [0.1, 0.15) is 28.7 Å². The summed E-state index contributed by atoms with van der Waals surface area (Å²) in [6.45, 7) is 9.91. The average molecular weight is 336 g/mol. The molecule has 3 rings (SSSR count). The standard InChI is InChI=1S/C22H28N2O/c1-17-6-4-8-20(16-17)10-11-22(25)24-14-12-23(13-15-24)21-9-5-7-18(2)19(21)3/h4-9,16H,10-15H2,1-3H3. The van der Waals surface area contributed by atoms with Crippen LogP contribution in [0.3, 0.4) is 0 Å². The zero-order valence-corrected chi connectivity index (χ0v) is 15.6. The molecule has 0 N–H and O–H groups in total. The molecule has 0 aromatic heterocycles. The van der Waals surface area contributed by atoms with Gasteiger partial charge in [0.15, 0.2) is 0 Å². The zero-order valence-electron chi connectivity index (χ0n) is 15.6. The summed E-state index contributed by atoms with van der Waals surface area (Å²) >= 11 is 0. The maximum atomic E-state index is 12.5. The Morgan fingerprint density at radius 1 is 0.960 bits per heavy atom. The van der Waals surface area contributed by atoms with Crippen LogP contribution in [0, 0.1) is 20.8 Å². The second kappa shape index (κ2) is 7.73. The van der Waals surface area contributed by atoms with Crippen molar-refractivity contribution >= 4 is 11.6 Å². The summed E-state index contributed by atoms with van der Waals surface area (Å²) in [6, 6.07) is 14.9. The Balaban J connectivity index is 1.53. The Hall–Kier alpha value is -2.29. The van der Waals surface area contributed by atoms with Crippen molar-refractivity contribution in [2.24, 2.45) is 0 Å². The highest BCUT2D eigenvalue weighted by atomic mass is 16.2. The topological polar surface area (TPSA) is 23.6 Å². The Kier molecular flexibility index (Phi) is 5.42. The predicted molar refractivity (Wildman–Crippen MR) is 104 cm³/mol. The van der Waals surface area contributed by atoms with Gasteiger partial charge in [0.1, 0.15) is 0 Å². The number of hydrogen-bond donors (Lipinski definition) is 0. The summed E-state index contributed by atoms with van der Waals surface area (Å²) in [5.41, 5.74) is 6.50. The van der Waals surface area contributed by atoms with Gasteiger partial charge in [-0.3, -0.25) is 4.79 Å². The fraction of sp³-hybridized carbons (Fsp3) is 0.409. The number of hydrogen-bond acceptors (Lipinski definition) is 2. The first kappa shape index (κ1) is 17.5. The van der Waals surface area contributed by atoms with Gasteiger partial charge in [-0.15, -0.1) is 0 Å². The molecule has 3 nitrogen and oxygen atoms in total. The van der Waals surface area contributed by atoms with E-state index in [1.165, 1.54) is 27.9 Å². The van der Waals surface area contributed by atoms with Gasteiger partial charge in [0.2, 0.25) is 5.91 Å². The first-order chi connectivity index (χ1) is 12.0. The summed E-state index contributed by atoms with van der Waals surface area (Å²) in [5.74, 6) is 0.280. The van der Waals surface area contributed by atoms with Crippen LogP contribution in [-0.2, 0) is 11.2 Å². The van der Waals surface area contributed by atoms with Crippen molar-refractivity contribution in [2.75, 3.05) is 31.1 Å². The highest BCUT2D eigenvalue weighted by molar-refractivity contribution is 5.77. The molecule has 1 amide bonds. The molecular formula is C22H28N2O. The molecular weight excluding hydrogens is 308 g/mol. The van der Waals surface area contributed by atoms with Crippen LogP contribution in [0.25, 0.3) is 0 Å². The SMILES string of the molecule is Cc1cccc(CCC(=O)N2CCN(c3cccc(C)c3C)CC2)c1. The van der Waals surface area contributed by atoms with E-state index in [1.54, 1.807) is 0 Å². The molecule has 0 saturated carbocycles. The van der Waals surface area contributed by atoms with E-state index in [-0.39, 0.29) is 5.91 Å². The third-order valence-corrected chi connectivity index (χ3v) is 5.26. The number of nitrogens with zero attached hydrogens (tertiary/aromatic N) is 2. The van der Waals surface area contributed by atoms with Crippen molar-refractivity contribution in [1.29, 1.82) is 0 Å². The second-order valence-corrected chi connectivity index (χ2v) is 7.08. The maximum absolute atomic E-state index is 12.5. The molecule has 132 valence electrons. The lowest BCUT2D eigenvalue weighted by Gasteiger charge is -2.37. The summed E-state index contributed by atoms with van der Waals surface area (Å²) < 4.78 is 0. The van der Waals surface area contributed by atoms with Gasteiger partial charge in [-0.25, -0.2) is 0 Å². The Bertz CT molecular complexity index is 745. The van der Waals surface area contributed by atoms with E-state index in [0.29, 0.717) is 6.42 Å². The number of amides is 1. The lowest BCUT2D eigenvalue weighted by Crippen LogP contribution is -2.49. The minimum Gasteiger partial charge on any atom is -0.368 e. The number of rotatable bonds is 4. The smallest absolute Gasteiger partial charge is 0.223 e. The van der Waals surface area contributed by atoms with Crippen molar-refractivity contribution in [2.45, 2.75) is 33.6 Å². The molecule has 1 fully saturated rings. The van der Waals surface area contributed by atoms with Crippen LogP contribution < -0.4 is 4.90 Å². The molecule has 1 saturated heterocycles. The monoisotopic (exact) mass is 336 g/mol. The van der Waals surface area contributed by atoms with Gasteiger partial charge >= 0.3 is 0 Å². The van der Waals surface area contributed by atoms with Crippen molar-refractivity contribution in [3.05, 3.63) is 64.7 Å². The number of aryl methyl sites for hydroxylation is 3. The van der Waals surface area contributed by atoms with Gasteiger partial charge in [0.05, 0.1) is 0 Å². The molecule has 0 atom stereocenters. The van der Waals surface area contributed by atoms with E-state index in [0.717, 1.165) is 32.6 Å². The first-order valence-electron chi connectivity index (χ1n) is 9.19. The Morgan fingerprint density at radius 2 is 1.68 bits per heavy atom. The quantitative estimate of drug-likeness (QED) is 0.845. The van der Waals surface area contributed by atoms with Crippen molar-refractivity contribution < 1.29 is 4.79 Å². The van der Waals surface area contributed by atoms with E-state index in [9.17, 15) is 4.79 Å². The van der Waals surface area contributed by atoms with E-state index < -0.39 is 0 Å². The number of piperazine rings is 1. The lowest BCUT2D eigenvalue weighted by atomic mass is 10.1. The minimum absolute atomic E-state index is 0.280. The van der Waals surface area contributed by atoms with Gasteiger partial charge in [-0.05, 0) is 49.9 Å². The van der Waals surface area contributed by atoms with Gasteiger partial charge < -0.3 is 9.80 Å². The van der Waals surface area contributed by atoms with Gasteiger partial charge in [-0.1, -0.05) is 42.0 Å².